The van der Waals surface area contributed by atoms with Gasteiger partial charge in [0.1, 0.15) is 0 Å². The summed E-state index contributed by atoms with van der Waals surface area (Å²) in [4.78, 5) is 65.1. The Morgan fingerprint density at radius 3 is 1.51 bits per heavy atom. The summed E-state index contributed by atoms with van der Waals surface area (Å²) in [5.74, 6) is -3.50. The van der Waals surface area contributed by atoms with E-state index in [-0.39, 0.29) is 43.8 Å². The second-order valence-electron chi connectivity index (χ2n) is 9.87. The highest BCUT2D eigenvalue weighted by molar-refractivity contribution is 5.76. The number of carboxylic acids is 3. The maximum Gasteiger partial charge on any atom is 0.317 e. The Bertz CT molecular complexity index is 766. The van der Waals surface area contributed by atoms with Crippen LogP contribution in [0.5, 0.6) is 0 Å². The normalized spacial score (nSPS) is 17.9. The van der Waals surface area contributed by atoms with Crippen molar-refractivity contribution < 1.29 is 44.0 Å². The number of hydrogen-bond acceptors (Lipinski definition) is 10. The molecule has 224 valence electrons. The first-order chi connectivity index (χ1) is 18.5. The van der Waals surface area contributed by atoms with Crippen LogP contribution in [0.25, 0.3) is 0 Å². The van der Waals surface area contributed by atoms with Crippen molar-refractivity contribution in [3.63, 3.8) is 0 Å². The minimum Gasteiger partial charge on any atom is -0.480 e. The lowest BCUT2D eigenvalue weighted by Crippen LogP contribution is -2.48. The van der Waals surface area contributed by atoms with Crippen molar-refractivity contribution in [2.75, 3.05) is 92.2 Å². The number of unbranched alkanes of at least 4 members (excludes halogenated alkanes) is 1. The molecular formula is C25H45N5O9. The highest BCUT2D eigenvalue weighted by Gasteiger charge is 2.20. The van der Waals surface area contributed by atoms with Crippen molar-refractivity contribution in [1.82, 2.24) is 24.9 Å². The van der Waals surface area contributed by atoms with Crippen molar-refractivity contribution in [2.24, 2.45) is 5.92 Å². The third-order valence-electron chi connectivity index (χ3n) is 6.65. The van der Waals surface area contributed by atoms with Crippen LogP contribution in [0.3, 0.4) is 0 Å². The average Bonchev–Trinajstić information content (AvgIpc) is 2.86. The molecule has 0 spiro atoms. The molecular weight excluding hydrogens is 514 g/mol. The summed E-state index contributed by atoms with van der Waals surface area (Å²) in [5.41, 5.74) is 0. The van der Waals surface area contributed by atoms with Gasteiger partial charge in [-0.1, -0.05) is 13.3 Å². The first-order valence-electron chi connectivity index (χ1n) is 13.4. The maximum atomic E-state index is 12.4. The quantitative estimate of drug-likeness (QED) is 0.141. The van der Waals surface area contributed by atoms with E-state index in [1.165, 1.54) is 7.11 Å². The van der Waals surface area contributed by atoms with Crippen LogP contribution in [0.1, 0.15) is 32.6 Å². The zero-order chi connectivity index (χ0) is 29.2. The van der Waals surface area contributed by atoms with Crippen molar-refractivity contribution in [3.05, 3.63) is 0 Å². The van der Waals surface area contributed by atoms with Crippen LogP contribution < -0.4 is 5.32 Å². The van der Waals surface area contributed by atoms with E-state index in [1.54, 1.807) is 14.7 Å². The van der Waals surface area contributed by atoms with Gasteiger partial charge in [-0.15, -0.1) is 0 Å². The Hall–Kier alpha value is -2.81. The number of methoxy groups -OCH3 is 1. The van der Waals surface area contributed by atoms with Crippen molar-refractivity contribution in [3.8, 4) is 0 Å². The van der Waals surface area contributed by atoms with Gasteiger partial charge in [-0.2, -0.15) is 0 Å². The molecule has 1 aliphatic rings. The summed E-state index contributed by atoms with van der Waals surface area (Å²) in [6.45, 7) is 5.29. The topological polar surface area (TPSA) is 180 Å². The van der Waals surface area contributed by atoms with E-state index in [1.807, 2.05) is 11.8 Å². The largest absolute Gasteiger partial charge is 0.480 e. The molecule has 0 saturated carbocycles. The number of ether oxygens (including phenoxy) is 1. The first kappa shape index (κ1) is 34.2. The van der Waals surface area contributed by atoms with Gasteiger partial charge in [0, 0.05) is 71.9 Å². The van der Waals surface area contributed by atoms with Crippen LogP contribution >= 0.6 is 0 Å². The summed E-state index contributed by atoms with van der Waals surface area (Å²) < 4.78 is 4.71. The van der Waals surface area contributed by atoms with E-state index in [0.717, 1.165) is 12.8 Å². The highest BCUT2D eigenvalue weighted by atomic mass is 16.5. The Kier molecular flexibility index (Phi) is 16.9. The summed E-state index contributed by atoms with van der Waals surface area (Å²) in [6.07, 6.45) is 2.45. The lowest BCUT2D eigenvalue weighted by atomic mass is 10.0. The van der Waals surface area contributed by atoms with Gasteiger partial charge < -0.3 is 30.3 Å². The van der Waals surface area contributed by atoms with E-state index in [9.17, 15) is 39.3 Å². The number of amides is 1. The number of carbonyl (C=O) groups excluding carboxylic acids is 2. The van der Waals surface area contributed by atoms with Gasteiger partial charge in [-0.05, 0) is 12.8 Å². The van der Waals surface area contributed by atoms with Crippen LogP contribution in [0, 0.1) is 5.92 Å². The number of carbonyl (C=O) groups is 5. The number of esters is 1. The molecule has 0 aromatic heterocycles. The maximum absolute atomic E-state index is 12.4. The van der Waals surface area contributed by atoms with Gasteiger partial charge in [-0.3, -0.25) is 38.7 Å². The van der Waals surface area contributed by atoms with Crippen LogP contribution in [0.2, 0.25) is 0 Å². The van der Waals surface area contributed by atoms with E-state index < -0.39 is 17.9 Å². The minimum absolute atomic E-state index is 0.115. The van der Waals surface area contributed by atoms with E-state index in [0.29, 0.717) is 71.9 Å². The molecule has 14 nitrogen and oxygen atoms in total. The van der Waals surface area contributed by atoms with E-state index >= 15 is 0 Å². The molecule has 1 unspecified atom stereocenters. The van der Waals surface area contributed by atoms with Crippen molar-refractivity contribution >= 4 is 29.8 Å². The van der Waals surface area contributed by atoms with Crippen LogP contribution in [0.15, 0.2) is 0 Å². The standard InChI is InChI=1S/C25H45N5O9/c1-20(25(38)39-2)5-3-4-7-26-21(31)6-8-27-9-11-28(17-22(32)33)13-15-30(19-24(36)37)16-14-29(12-10-27)18-23(34)35/h20H,3-19H2,1-2H3,(H,26,31)(H,32,33)(H,34,35)(H,36,37). The Balaban J connectivity index is 2.69. The monoisotopic (exact) mass is 559 g/mol. The number of nitrogens with one attached hydrogen (secondary N) is 1. The fourth-order valence-corrected chi connectivity index (χ4v) is 4.32. The lowest BCUT2D eigenvalue weighted by Gasteiger charge is -2.33. The first-order valence-corrected chi connectivity index (χ1v) is 13.4. The summed E-state index contributed by atoms with van der Waals surface area (Å²) in [6, 6.07) is 0. The molecule has 1 fully saturated rings. The van der Waals surface area contributed by atoms with Crippen molar-refractivity contribution in [1.29, 1.82) is 0 Å². The molecule has 14 heteroatoms. The lowest BCUT2D eigenvalue weighted by molar-refractivity contribution is -0.145. The third kappa shape index (κ3) is 16.7. The molecule has 1 rings (SSSR count). The second-order valence-corrected chi connectivity index (χ2v) is 9.87. The molecule has 39 heavy (non-hydrogen) atoms. The van der Waals surface area contributed by atoms with E-state index in [2.05, 4.69) is 5.32 Å². The minimum atomic E-state index is -1.00. The van der Waals surface area contributed by atoms with E-state index in [4.69, 9.17) is 4.74 Å². The SMILES string of the molecule is COC(=O)C(C)CCCCNC(=O)CCN1CCN(CC(=O)O)CCN(CC(=O)O)CCN(CC(=O)O)CC1. The van der Waals surface area contributed by atoms with Crippen LogP contribution in [0.4, 0.5) is 0 Å². The van der Waals surface area contributed by atoms with Gasteiger partial charge in [0.15, 0.2) is 0 Å². The van der Waals surface area contributed by atoms with Gasteiger partial charge in [0.05, 0.1) is 32.7 Å². The fraction of sp³-hybridized carbons (Fsp3) is 0.800. The number of aliphatic carboxylic acids is 3. The number of nitrogens with zero attached hydrogens (tertiary/aromatic N) is 4. The number of rotatable bonds is 15. The summed E-state index contributed by atoms with van der Waals surface area (Å²) in [5, 5.41) is 30.8. The molecule has 1 aliphatic heterocycles. The summed E-state index contributed by atoms with van der Waals surface area (Å²) in [7, 11) is 1.36. The fourth-order valence-electron chi connectivity index (χ4n) is 4.32. The molecule has 1 atom stereocenters. The zero-order valence-electron chi connectivity index (χ0n) is 23.2. The Morgan fingerprint density at radius 2 is 1.13 bits per heavy atom. The second kappa shape index (κ2) is 19.3. The van der Waals surface area contributed by atoms with Crippen LogP contribution in [-0.2, 0) is 28.7 Å². The van der Waals surface area contributed by atoms with Gasteiger partial charge in [-0.25, -0.2) is 0 Å². The molecule has 0 radical (unpaired) electrons. The molecule has 0 aromatic rings. The molecule has 1 heterocycles. The van der Waals surface area contributed by atoms with Crippen molar-refractivity contribution in [2.45, 2.75) is 32.6 Å². The van der Waals surface area contributed by atoms with Gasteiger partial charge >= 0.3 is 23.9 Å². The molecule has 4 N–H and O–H groups in total. The summed E-state index contributed by atoms with van der Waals surface area (Å²) >= 11 is 0. The zero-order valence-corrected chi connectivity index (χ0v) is 23.2. The molecule has 1 amide bonds. The molecule has 0 aromatic carbocycles. The molecule has 0 bridgehead atoms. The number of hydrogen-bond donors (Lipinski definition) is 4. The Morgan fingerprint density at radius 1 is 0.718 bits per heavy atom. The van der Waals surface area contributed by atoms with Gasteiger partial charge in [0.2, 0.25) is 5.91 Å². The van der Waals surface area contributed by atoms with Gasteiger partial charge in [0.25, 0.3) is 0 Å². The average molecular weight is 560 g/mol. The van der Waals surface area contributed by atoms with Crippen LogP contribution in [-0.4, -0.2) is 157 Å². The third-order valence-corrected chi connectivity index (χ3v) is 6.65. The number of carboxylic acid groups (broad SMARTS) is 3. The Labute approximate surface area is 229 Å². The molecule has 1 saturated heterocycles. The predicted octanol–water partition coefficient (Wildman–Crippen LogP) is -1.05. The smallest absolute Gasteiger partial charge is 0.317 e. The molecule has 0 aliphatic carbocycles. The highest BCUT2D eigenvalue weighted by Crippen LogP contribution is 2.09. The predicted molar refractivity (Wildman–Crippen MR) is 141 cm³/mol.